The highest BCUT2D eigenvalue weighted by Gasteiger charge is 2.07. The SMILES string of the molecule is CCCn1ccc(CNc2ccc(S(C)(=O)=O)nc2)c1. The summed E-state index contributed by atoms with van der Waals surface area (Å²) in [5.41, 5.74) is 1.99. The highest BCUT2D eigenvalue weighted by molar-refractivity contribution is 7.90. The zero-order valence-corrected chi connectivity index (χ0v) is 12.5. The van der Waals surface area contributed by atoms with E-state index in [1.54, 1.807) is 12.3 Å². The number of aromatic nitrogens is 2. The number of sulfone groups is 1. The molecule has 1 N–H and O–H groups in total. The Bertz CT molecular complexity index is 660. The molecule has 2 aromatic rings. The summed E-state index contributed by atoms with van der Waals surface area (Å²) in [5, 5.41) is 3.32. The summed E-state index contributed by atoms with van der Waals surface area (Å²) < 4.78 is 24.8. The molecule has 0 unspecified atom stereocenters. The lowest BCUT2D eigenvalue weighted by Crippen LogP contribution is -2.03. The Morgan fingerprint density at radius 2 is 2.10 bits per heavy atom. The first kappa shape index (κ1) is 14.6. The Kier molecular flexibility index (Phi) is 4.44. The molecule has 0 atom stereocenters. The molecule has 6 heteroatoms. The molecule has 2 aromatic heterocycles. The van der Waals surface area contributed by atoms with Gasteiger partial charge < -0.3 is 9.88 Å². The third-order valence-corrected chi connectivity index (χ3v) is 3.91. The van der Waals surface area contributed by atoms with Crippen LogP contribution in [-0.4, -0.2) is 24.2 Å². The minimum absolute atomic E-state index is 0.0946. The summed E-state index contributed by atoms with van der Waals surface area (Å²) in [5.74, 6) is 0. The van der Waals surface area contributed by atoms with Crippen LogP contribution in [0.25, 0.3) is 0 Å². The van der Waals surface area contributed by atoms with Gasteiger partial charge in [-0.25, -0.2) is 13.4 Å². The largest absolute Gasteiger partial charge is 0.380 e. The van der Waals surface area contributed by atoms with Crippen molar-refractivity contribution in [1.82, 2.24) is 9.55 Å². The molecule has 2 rings (SSSR count). The van der Waals surface area contributed by atoms with E-state index in [0.717, 1.165) is 24.9 Å². The molecule has 0 radical (unpaired) electrons. The van der Waals surface area contributed by atoms with Gasteiger partial charge in [-0.1, -0.05) is 6.92 Å². The number of nitrogens with zero attached hydrogens (tertiary/aromatic N) is 2. The number of nitrogens with one attached hydrogen (secondary N) is 1. The van der Waals surface area contributed by atoms with E-state index in [9.17, 15) is 8.42 Å². The third kappa shape index (κ3) is 3.84. The van der Waals surface area contributed by atoms with Crippen LogP contribution in [-0.2, 0) is 22.9 Å². The maximum absolute atomic E-state index is 11.3. The normalized spacial score (nSPS) is 11.5. The van der Waals surface area contributed by atoms with E-state index < -0.39 is 9.84 Å². The first-order valence-corrected chi connectivity index (χ1v) is 8.43. The number of hydrogen-bond donors (Lipinski definition) is 1. The van der Waals surface area contributed by atoms with E-state index in [2.05, 4.69) is 40.3 Å². The van der Waals surface area contributed by atoms with E-state index >= 15 is 0 Å². The summed E-state index contributed by atoms with van der Waals surface area (Å²) in [7, 11) is -3.23. The molecule has 0 fully saturated rings. The molecule has 20 heavy (non-hydrogen) atoms. The molecule has 0 spiro atoms. The van der Waals surface area contributed by atoms with Crippen molar-refractivity contribution in [3.05, 3.63) is 42.4 Å². The smallest absolute Gasteiger partial charge is 0.192 e. The highest BCUT2D eigenvalue weighted by Crippen LogP contribution is 2.12. The van der Waals surface area contributed by atoms with Crippen molar-refractivity contribution in [2.75, 3.05) is 11.6 Å². The average molecular weight is 293 g/mol. The van der Waals surface area contributed by atoms with Crippen LogP contribution in [0.4, 0.5) is 5.69 Å². The summed E-state index contributed by atoms with van der Waals surface area (Å²) in [6.07, 6.45) is 7.97. The Labute approximate surface area is 119 Å². The lowest BCUT2D eigenvalue weighted by molar-refractivity contribution is 0.598. The molecule has 0 aromatic carbocycles. The van der Waals surface area contributed by atoms with Gasteiger partial charge in [-0.2, -0.15) is 0 Å². The summed E-state index contributed by atoms with van der Waals surface area (Å²) in [4.78, 5) is 3.94. The van der Waals surface area contributed by atoms with Crippen molar-refractivity contribution in [3.63, 3.8) is 0 Å². The fourth-order valence-electron chi connectivity index (χ4n) is 1.90. The van der Waals surface area contributed by atoms with Crippen molar-refractivity contribution < 1.29 is 8.42 Å². The summed E-state index contributed by atoms with van der Waals surface area (Å²) in [6.45, 7) is 3.86. The van der Waals surface area contributed by atoms with Gasteiger partial charge in [0, 0.05) is 31.7 Å². The summed E-state index contributed by atoms with van der Waals surface area (Å²) in [6, 6.07) is 5.31. The lowest BCUT2D eigenvalue weighted by atomic mass is 10.3. The van der Waals surface area contributed by atoms with E-state index in [0.29, 0.717) is 6.54 Å². The molecule has 0 amide bonds. The van der Waals surface area contributed by atoms with Crippen LogP contribution in [0.2, 0.25) is 0 Å². The highest BCUT2D eigenvalue weighted by atomic mass is 32.2. The van der Waals surface area contributed by atoms with Crippen molar-refractivity contribution in [2.24, 2.45) is 0 Å². The van der Waals surface area contributed by atoms with Crippen molar-refractivity contribution >= 4 is 15.5 Å². The van der Waals surface area contributed by atoms with Gasteiger partial charge in [0.05, 0.1) is 11.9 Å². The van der Waals surface area contributed by atoms with E-state index in [4.69, 9.17) is 0 Å². The minimum atomic E-state index is -3.23. The fraction of sp³-hybridized carbons (Fsp3) is 0.357. The molecule has 108 valence electrons. The number of anilines is 1. The van der Waals surface area contributed by atoms with Crippen molar-refractivity contribution in [2.45, 2.75) is 31.5 Å². The molecule has 0 saturated carbocycles. The first-order chi connectivity index (χ1) is 9.49. The van der Waals surface area contributed by atoms with Crippen LogP contribution in [0.3, 0.4) is 0 Å². The molecule has 0 aliphatic carbocycles. The maximum atomic E-state index is 11.3. The Balaban J connectivity index is 1.96. The van der Waals surface area contributed by atoms with E-state index in [1.807, 2.05) is 0 Å². The Hall–Kier alpha value is -1.82. The Morgan fingerprint density at radius 1 is 1.30 bits per heavy atom. The molecule has 2 heterocycles. The fourth-order valence-corrected chi connectivity index (χ4v) is 2.46. The van der Waals surface area contributed by atoms with Crippen LogP contribution in [0.1, 0.15) is 18.9 Å². The topological polar surface area (TPSA) is 64.0 Å². The van der Waals surface area contributed by atoms with Gasteiger partial charge in [0.2, 0.25) is 0 Å². The standard InChI is InChI=1S/C14H19N3O2S/c1-3-7-17-8-6-12(11-17)9-15-13-4-5-14(16-10-13)20(2,18)19/h4-6,8,10-11,15H,3,7,9H2,1-2H3. The van der Waals surface area contributed by atoms with Crippen molar-refractivity contribution in [1.29, 1.82) is 0 Å². The van der Waals surface area contributed by atoms with Gasteiger partial charge in [0.15, 0.2) is 14.9 Å². The lowest BCUT2D eigenvalue weighted by Gasteiger charge is -2.05. The number of aryl methyl sites for hydroxylation is 1. The van der Waals surface area contributed by atoms with Crippen molar-refractivity contribution in [3.8, 4) is 0 Å². The minimum Gasteiger partial charge on any atom is -0.380 e. The zero-order valence-electron chi connectivity index (χ0n) is 11.7. The molecule has 0 aliphatic heterocycles. The monoisotopic (exact) mass is 293 g/mol. The second-order valence-corrected chi connectivity index (χ2v) is 6.73. The quantitative estimate of drug-likeness (QED) is 0.887. The van der Waals surface area contributed by atoms with Gasteiger partial charge in [0.25, 0.3) is 0 Å². The first-order valence-electron chi connectivity index (χ1n) is 6.53. The van der Waals surface area contributed by atoms with Crippen LogP contribution >= 0.6 is 0 Å². The number of rotatable bonds is 6. The van der Waals surface area contributed by atoms with E-state index in [1.165, 1.54) is 11.6 Å². The molecule has 0 bridgehead atoms. The molecular formula is C14H19N3O2S. The van der Waals surface area contributed by atoms with Gasteiger partial charge in [-0.3, -0.25) is 0 Å². The van der Waals surface area contributed by atoms with Gasteiger partial charge in [-0.15, -0.1) is 0 Å². The number of pyridine rings is 1. The van der Waals surface area contributed by atoms with Crippen LogP contribution < -0.4 is 5.32 Å². The van der Waals surface area contributed by atoms with Crippen LogP contribution in [0.15, 0.2) is 41.8 Å². The second kappa shape index (κ2) is 6.09. The predicted octanol–water partition coefficient (Wildman–Crippen LogP) is 2.31. The van der Waals surface area contributed by atoms with E-state index in [-0.39, 0.29) is 5.03 Å². The maximum Gasteiger partial charge on any atom is 0.192 e. The molecule has 5 nitrogen and oxygen atoms in total. The number of hydrogen-bond acceptors (Lipinski definition) is 4. The van der Waals surface area contributed by atoms with Gasteiger partial charge in [-0.05, 0) is 30.2 Å². The zero-order chi connectivity index (χ0) is 14.6. The summed E-state index contributed by atoms with van der Waals surface area (Å²) >= 11 is 0. The molecule has 0 saturated heterocycles. The second-order valence-electron chi connectivity index (χ2n) is 4.77. The molecular weight excluding hydrogens is 274 g/mol. The Morgan fingerprint density at radius 3 is 2.70 bits per heavy atom. The van der Waals surface area contributed by atoms with Gasteiger partial charge >= 0.3 is 0 Å². The molecule has 0 aliphatic rings. The third-order valence-electron chi connectivity index (χ3n) is 2.91. The average Bonchev–Trinajstić information content (AvgIpc) is 2.84. The van der Waals surface area contributed by atoms with Gasteiger partial charge in [0.1, 0.15) is 0 Å². The van der Waals surface area contributed by atoms with Crippen LogP contribution in [0.5, 0.6) is 0 Å². The van der Waals surface area contributed by atoms with Crippen LogP contribution in [0, 0.1) is 0 Å². The predicted molar refractivity (Wildman–Crippen MR) is 79.4 cm³/mol.